The Morgan fingerprint density at radius 1 is 1.25 bits per heavy atom. The quantitative estimate of drug-likeness (QED) is 0.494. The van der Waals surface area contributed by atoms with Crippen LogP contribution in [0.15, 0.2) is 0 Å². The lowest BCUT2D eigenvalue weighted by atomic mass is 9.77. The number of ether oxygens (including phenoxy) is 1. The zero-order valence-corrected chi connectivity index (χ0v) is 21.3. The van der Waals surface area contributed by atoms with Gasteiger partial charge in [0.2, 0.25) is 17.7 Å². The van der Waals surface area contributed by atoms with Gasteiger partial charge in [-0.2, -0.15) is 5.26 Å². The van der Waals surface area contributed by atoms with Crippen LogP contribution in [0.25, 0.3) is 0 Å². The van der Waals surface area contributed by atoms with Gasteiger partial charge in [0, 0.05) is 19.0 Å². The summed E-state index contributed by atoms with van der Waals surface area (Å²) >= 11 is 0. The first-order chi connectivity index (χ1) is 17.0. The second-order valence-corrected chi connectivity index (χ2v) is 11.7. The van der Waals surface area contributed by atoms with Crippen molar-refractivity contribution in [1.29, 1.82) is 5.26 Å². The number of hydrogen-bond acceptors (Lipinski definition) is 6. The van der Waals surface area contributed by atoms with Crippen molar-refractivity contribution >= 4 is 23.8 Å². The van der Waals surface area contributed by atoms with Crippen LogP contribution in [0.1, 0.15) is 46.5 Å². The summed E-state index contributed by atoms with van der Waals surface area (Å²) in [6, 6.07) is -0.757. The van der Waals surface area contributed by atoms with E-state index in [1.165, 1.54) is 12.0 Å². The number of alkyl halides is 1. The number of nitrogens with one attached hydrogen (secondary N) is 3. The van der Waals surface area contributed by atoms with Gasteiger partial charge in [-0.25, -0.2) is 9.18 Å². The van der Waals surface area contributed by atoms with E-state index in [9.17, 15) is 28.8 Å². The minimum absolute atomic E-state index is 0.0124. The highest BCUT2D eigenvalue weighted by atomic mass is 19.1. The summed E-state index contributed by atoms with van der Waals surface area (Å²) in [4.78, 5) is 53.0. The fourth-order valence-electron chi connectivity index (χ4n) is 6.81. The number of carbonyl (C=O) groups is 4. The van der Waals surface area contributed by atoms with Crippen molar-refractivity contribution < 1.29 is 28.3 Å². The van der Waals surface area contributed by atoms with Crippen molar-refractivity contribution in [3.05, 3.63) is 0 Å². The monoisotopic (exact) mass is 505 g/mol. The first-order valence-corrected chi connectivity index (χ1v) is 12.7. The molecular formula is C25H36FN5O5. The number of rotatable bonds is 6. The Morgan fingerprint density at radius 2 is 1.97 bits per heavy atom. The highest BCUT2D eigenvalue weighted by Gasteiger charge is 2.63. The molecule has 36 heavy (non-hydrogen) atoms. The van der Waals surface area contributed by atoms with Gasteiger partial charge in [0.25, 0.3) is 0 Å². The molecule has 11 heteroatoms. The summed E-state index contributed by atoms with van der Waals surface area (Å²) in [6.45, 7) is 6.24. The number of halogens is 1. The lowest BCUT2D eigenvalue weighted by Gasteiger charge is -2.37. The van der Waals surface area contributed by atoms with Crippen LogP contribution in [-0.2, 0) is 19.1 Å². The number of methoxy groups -OCH3 is 1. The Labute approximate surface area is 210 Å². The third-order valence-corrected chi connectivity index (χ3v) is 8.54. The number of hydrogen-bond donors (Lipinski definition) is 3. The molecule has 2 aliphatic heterocycles. The zero-order valence-electron chi connectivity index (χ0n) is 21.3. The third-order valence-electron chi connectivity index (χ3n) is 8.54. The van der Waals surface area contributed by atoms with Gasteiger partial charge in [-0.1, -0.05) is 20.8 Å². The highest BCUT2D eigenvalue weighted by molar-refractivity contribution is 5.93. The average molecular weight is 506 g/mol. The lowest BCUT2D eigenvalue weighted by Crippen LogP contribution is -2.59. The number of nitrogens with zero attached hydrogens (tertiary/aromatic N) is 2. The van der Waals surface area contributed by atoms with Crippen LogP contribution < -0.4 is 16.0 Å². The first kappa shape index (κ1) is 26.2. The Kier molecular flexibility index (Phi) is 7.17. The van der Waals surface area contributed by atoms with Crippen LogP contribution in [0.4, 0.5) is 9.18 Å². The van der Waals surface area contributed by atoms with Gasteiger partial charge in [0.1, 0.15) is 24.3 Å². The van der Waals surface area contributed by atoms with E-state index in [2.05, 4.69) is 22.0 Å². The third kappa shape index (κ3) is 4.74. The van der Waals surface area contributed by atoms with E-state index in [4.69, 9.17) is 4.74 Å². The number of amides is 4. The molecule has 4 fully saturated rings. The molecule has 2 heterocycles. The van der Waals surface area contributed by atoms with Gasteiger partial charge in [-0.3, -0.25) is 14.4 Å². The maximum atomic E-state index is 14.8. The number of alkyl carbamates (subject to hydrolysis) is 1. The Balaban J connectivity index is 1.59. The van der Waals surface area contributed by atoms with Crippen molar-refractivity contribution in [2.75, 3.05) is 20.2 Å². The largest absolute Gasteiger partial charge is 0.453 e. The van der Waals surface area contributed by atoms with E-state index in [-0.39, 0.29) is 41.9 Å². The molecule has 0 aromatic rings. The average Bonchev–Trinajstić information content (AvgIpc) is 3.57. The van der Waals surface area contributed by atoms with Crippen LogP contribution in [0.5, 0.6) is 0 Å². The van der Waals surface area contributed by atoms with Crippen LogP contribution in [0, 0.1) is 46.3 Å². The van der Waals surface area contributed by atoms with E-state index < -0.39 is 47.6 Å². The number of likely N-dealkylation sites (tertiary alicyclic amines) is 1. The molecule has 0 aromatic carbocycles. The van der Waals surface area contributed by atoms with E-state index in [0.29, 0.717) is 32.4 Å². The first-order valence-electron chi connectivity index (χ1n) is 12.7. The van der Waals surface area contributed by atoms with Crippen molar-refractivity contribution in [2.45, 2.75) is 70.8 Å². The van der Waals surface area contributed by atoms with Crippen LogP contribution in [-0.4, -0.2) is 73.2 Å². The normalized spacial score (nSPS) is 34.4. The molecule has 0 aromatic heterocycles. The van der Waals surface area contributed by atoms with Crippen LogP contribution in [0.3, 0.4) is 0 Å². The van der Waals surface area contributed by atoms with Gasteiger partial charge in [0.15, 0.2) is 0 Å². The molecular weight excluding hydrogens is 469 g/mol. The standard InChI is InChI=1S/C25H36FN5O5/c1-25(2,3)20(30-24(35)36-4)23(34)31-11-16-13-8-15(17(26)9-13)18(16)19(31)22(33)29-14(10-27)7-12-5-6-28-21(12)32/h12-20H,5-9,11H2,1-4H3,(H,28,32)(H,29,33)(H,30,35)/t12-,13-,14?,15+,16+,17+,18-,19-,20?/m0/s1. The molecule has 2 bridgehead atoms. The minimum Gasteiger partial charge on any atom is -0.453 e. The van der Waals surface area contributed by atoms with Crippen molar-refractivity contribution in [1.82, 2.24) is 20.9 Å². The van der Waals surface area contributed by atoms with E-state index in [0.717, 1.165) is 0 Å². The van der Waals surface area contributed by atoms with Gasteiger partial charge < -0.3 is 25.6 Å². The van der Waals surface area contributed by atoms with Gasteiger partial charge in [0.05, 0.1) is 13.2 Å². The molecule has 4 aliphatic rings. The molecule has 0 radical (unpaired) electrons. The molecule has 2 saturated carbocycles. The Bertz CT molecular complexity index is 961. The molecule has 3 N–H and O–H groups in total. The molecule has 2 aliphatic carbocycles. The van der Waals surface area contributed by atoms with Crippen LogP contribution in [0.2, 0.25) is 0 Å². The molecule has 198 valence electrons. The molecule has 0 spiro atoms. The maximum Gasteiger partial charge on any atom is 0.407 e. The minimum atomic E-state index is -1.03. The van der Waals surface area contributed by atoms with Gasteiger partial charge >= 0.3 is 6.09 Å². The second-order valence-electron chi connectivity index (χ2n) is 11.7. The van der Waals surface area contributed by atoms with Crippen molar-refractivity contribution in [2.24, 2.45) is 35.0 Å². The number of carbonyl (C=O) groups excluding carboxylic acids is 4. The fourth-order valence-corrected chi connectivity index (χ4v) is 6.81. The van der Waals surface area contributed by atoms with Crippen molar-refractivity contribution in [3.8, 4) is 6.07 Å². The van der Waals surface area contributed by atoms with E-state index in [1.54, 1.807) is 20.8 Å². The molecule has 4 amide bonds. The van der Waals surface area contributed by atoms with Gasteiger partial charge in [-0.05, 0) is 54.8 Å². The summed E-state index contributed by atoms with van der Waals surface area (Å²) in [5, 5.41) is 17.8. The summed E-state index contributed by atoms with van der Waals surface area (Å²) in [7, 11) is 1.21. The highest BCUT2D eigenvalue weighted by Crippen LogP contribution is 2.58. The topological polar surface area (TPSA) is 141 Å². The Morgan fingerprint density at radius 3 is 2.56 bits per heavy atom. The maximum absolute atomic E-state index is 14.8. The second kappa shape index (κ2) is 9.87. The molecule has 4 rings (SSSR count). The van der Waals surface area contributed by atoms with Gasteiger partial charge in [-0.15, -0.1) is 0 Å². The van der Waals surface area contributed by atoms with E-state index >= 15 is 0 Å². The van der Waals surface area contributed by atoms with E-state index in [1.807, 2.05) is 0 Å². The van der Waals surface area contributed by atoms with Crippen molar-refractivity contribution in [3.63, 3.8) is 0 Å². The predicted molar refractivity (Wildman–Crippen MR) is 126 cm³/mol. The summed E-state index contributed by atoms with van der Waals surface area (Å²) in [5.41, 5.74) is -0.684. The fraction of sp³-hybridized carbons (Fsp3) is 0.800. The number of fused-ring (bicyclic) bond motifs is 5. The number of nitriles is 1. The summed E-state index contributed by atoms with van der Waals surface area (Å²) < 4.78 is 19.5. The predicted octanol–water partition coefficient (Wildman–Crippen LogP) is 1.11. The smallest absolute Gasteiger partial charge is 0.407 e. The van der Waals surface area contributed by atoms with Crippen LogP contribution >= 0.6 is 0 Å². The molecule has 10 nitrogen and oxygen atoms in total. The molecule has 9 atom stereocenters. The Hall–Kier alpha value is -2.90. The summed E-state index contributed by atoms with van der Waals surface area (Å²) in [6.07, 6.45) is 0.104. The zero-order chi connectivity index (χ0) is 26.4. The molecule has 2 unspecified atom stereocenters. The summed E-state index contributed by atoms with van der Waals surface area (Å²) in [5.74, 6) is -2.03. The lowest BCUT2D eigenvalue weighted by molar-refractivity contribution is -0.143. The molecule has 2 saturated heterocycles. The SMILES string of the molecule is COC(=O)NC(C(=O)N1C[C@@H]2[C@H]3C[C@@H]([C@@H]2[C@H]1C(=O)NC(C#N)C[C@@H]1CCNC1=O)[C@H](F)C3)C(C)(C)C.